The summed E-state index contributed by atoms with van der Waals surface area (Å²) < 4.78 is 5.69. The van der Waals surface area contributed by atoms with Gasteiger partial charge in [-0.05, 0) is 55.2 Å². The van der Waals surface area contributed by atoms with Gasteiger partial charge in [0.1, 0.15) is 5.75 Å². The number of amides is 1. The Hall–Kier alpha value is -1.03. The Morgan fingerprint density at radius 3 is 3.00 bits per heavy atom. The molecule has 1 aromatic carbocycles. The maximum atomic E-state index is 12.1. The summed E-state index contributed by atoms with van der Waals surface area (Å²) in [6.07, 6.45) is 6.49. The fourth-order valence-electron chi connectivity index (χ4n) is 3.66. The molecule has 21 heavy (non-hydrogen) atoms. The molecule has 1 amide bonds. The first-order valence-corrected chi connectivity index (χ1v) is 8.86. The maximum Gasteiger partial charge on any atom is 0.234 e. The number of fused-ring (bicyclic) bond motifs is 3. The highest BCUT2D eigenvalue weighted by Crippen LogP contribution is 2.44. The van der Waals surface area contributed by atoms with E-state index in [-0.39, 0.29) is 10.7 Å². The van der Waals surface area contributed by atoms with Crippen molar-refractivity contribution in [2.45, 2.75) is 55.3 Å². The average molecular weight is 350 g/mol. The van der Waals surface area contributed by atoms with Crippen LogP contribution in [0.2, 0.25) is 0 Å². The van der Waals surface area contributed by atoms with Crippen LogP contribution in [0.3, 0.4) is 0 Å². The third-order valence-corrected chi connectivity index (χ3v) is 5.67. The van der Waals surface area contributed by atoms with Crippen LogP contribution in [-0.4, -0.2) is 23.4 Å². The highest BCUT2D eigenvalue weighted by molar-refractivity contribution is 9.10. The Balaban J connectivity index is 1.51. The molecule has 0 saturated heterocycles. The van der Waals surface area contributed by atoms with Crippen molar-refractivity contribution in [3.63, 3.8) is 0 Å². The quantitative estimate of drug-likeness (QED) is 0.848. The van der Waals surface area contributed by atoms with Gasteiger partial charge in [0.25, 0.3) is 0 Å². The van der Waals surface area contributed by atoms with Crippen molar-refractivity contribution >= 4 is 21.8 Å². The summed E-state index contributed by atoms with van der Waals surface area (Å²) in [5, 5.41) is 3.09. The number of aryl methyl sites for hydroxylation is 1. The Morgan fingerprint density at radius 1 is 1.33 bits per heavy atom. The van der Waals surface area contributed by atoms with Crippen LogP contribution >= 0.6 is 15.9 Å². The van der Waals surface area contributed by atoms with Gasteiger partial charge in [0.15, 0.2) is 0 Å². The van der Waals surface area contributed by atoms with Crippen LogP contribution in [0.5, 0.6) is 5.75 Å². The van der Waals surface area contributed by atoms with Crippen LogP contribution in [-0.2, 0) is 17.6 Å². The van der Waals surface area contributed by atoms with E-state index >= 15 is 0 Å². The van der Waals surface area contributed by atoms with E-state index in [9.17, 15) is 4.79 Å². The number of ether oxygens (including phenoxy) is 1. The Labute approximate surface area is 133 Å². The van der Waals surface area contributed by atoms with Crippen molar-refractivity contribution in [1.29, 1.82) is 0 Å². The molecule has 0 bridgehead atoms. The summed E-state index contributed by atoms with van der Waals surface area (Å²) in [4.78, 5) is 12.1. The normalized spacial score (nSPS) is 24.1. The van der Waals surface area contributed by atoms with Crippen LogP contribution < -0.4 is 10.1 Å². The van der Waals surface area contributed by atoms with Gasteiger partial charge in [-0.25, -0.2) is 0 Å². The topological polar surface area (TPSA) is 38.3 Å². The summed E-state index contributed by atoms with van der Waals surface area (Å²) in [7, 11) is 0. The number of carbonyl (C=O) groups excluding carboxylic acids is 1. The van der Waals surface area contributed by atoms with Gasteiger partial charge in [0.2, 0.25) is 5.91 Å². The number of halogens is 1. The predicted octanol–water partition coefficient (Wildman–Crippen LogP) is 3.08. The number of nitrogens with one attached hydrogen (secondary N) is 1. The molecule has 1 N–H and O–H groups in total. The molecule has 3 aliphatic rings. The fourth-order valence-corrected chi connectivity index (χ4v) is 4.25. The molecule has 1 heterocycles. The molecule has 2 atom stereocenters. The van der Waals surface area contributed by atoms with Gasteiger partial charge in [-0.3, -0.25) is 4.79 Å². The van der Waals surface area contributed by atoms with Crippen molar-refractivity contribution in [3.8, 4) is 5.75 Å². The van der Waals surface area contributed by atoms with Gasteiger partial charge in [-0.15, -0.1) is 0 Å². The van der Waals surface area contributed by atoms with Crippen LogP contribution in [0.15, 0.2) is 12.1 Å². The van der Waals surface area contributed by atoms with E-state index in [0.717, 1.165) is 50.9 Å². The summed E-state index contributed by atoms with van der Waals surface area (Å²) in [5.41, 5.74) is 4.34. The average Bonchev–Trinajstić information content (AvgIpc) is 3.01. The Morgan fingerprint density at radius 2 is 2.19 bits per heavy atom. The number of rotatable bonds is 4. The second-order valence-electron chi connectivity index (χ2n) is 6.44. The molecule has 1 fully saturated rings. The summed E-state index contributed by atoms with van der Waals surface area (Å²) in [6, 6.07) is 4.77. The molecular weight excluding hydrogens is 330 g/mol. The zero-order valence-corrected chi connectivity index (χ0v) is 13.6. The molecule has 112 valence electrons. The lowest BCUT2D eigenvalue weighted by atomic mass is 9.91. The zero-order valence-electron chi connectivity index (χ0n) is 12.0. The van der Waals surface area contributed by atoms with E-state index in [4.69, 9.17) is 4.74 Å². The minimum Gasteiger partial charge on any atom is -0.493 e. The SMILES string of the molecule is O=C(NC1CC1)C(Br)C[C@@H]1CCc2ccc3c(c21)CCO3. The van der Waals surface area contributed by atoms with E-state index in [0.29, 0.717) is 12.0 Å². The Bertz CT molecular complexity index is 582. The molecule has 4 heteroatoms. The molecule has 1 unspecified atom stereocenters. The third kappa shape index (κ3) is 2.59. The van der Waals surface area contributed by atoms with Crippen molar-refractivity contribution in [3.05, 3.63) is 28.8 Å². The molecular formula is C17H20BrNO2. The molecule has 1 aliphatic heterocycles. The number of hydrogen-bond donors (Lipinski definition) is 1. The first-order valence-electron chi connectivity index (χ1n) is 7.94. The first kappa shape index (κ1) is 13.6. The van der Waals surface area contributed by atoms with Gasteiger partial charge in [0.05, 0.1) is 11.4 Å². The third-order valence-electron chi connectivity index (χ3n) is 4.88. The number of benzene rings is 1. The molecule has 0 spiro atoms. The van der Waals surface area contributed by atoms with Gasteiger partial charge in [-0.2, -0.15) is 0 Å². The summed E-state index contributed by atoms with van der Waals surface area (Å²) in [5.74, 6) is 1.72. The van der Waals surface area contributed by atoms with Gasteiger partial charge in [-0.1, -0.05) is 22.0 Å². The highest BCUT2D eigenvalue weighted by atomic mass is 79.9. The van der Waals surface area contributed by atoms with Gasteiger partial charge >= 0.3 is 0 Å². The van der Waals surface area contributed by atoms with Crippen molar-refractivity contribution in [1.82, 2.24) is 5.32 Å². The van der Waals surface area contributed by atoms with Gasteiger partial charge < -0.3 is 10.1 Å². The molecule has 0 radical (unpaired) electrons. The van der Waals surface area contributed by atoms with Crippen LogP contribution in [0, 0.1) is 0 Å². The fraction of sp³-hybridized carbons (Fsp3) is 0.588. The van der Waals surface area contributed by atoms with Crippen LogP contribution in [0.25, 0.3) is 0 Å². The lowest BCUT2D eigenvalue weighted by Gasteiger charge is -2.18. The number of hydrogen-bond acceptors (Lipinski definition) is 2. The monoisotopic (exact) mass is 349 g/mol. The van der Waals surface area contributed by atoms with Crippen molar-refractivity contribution in [2.75, 3.05) is 6.61 Å². The smallest absolute Gasteiger partial charge is 0.234 e. The minimum atomic E-state index is -0.0766. The summed E-state index contributed by atoms with van der Waals surface area (Å²) >= 11 is 3.60. The van der Waals surface area contributed by atoms with E-state index in [2.05, 4.69) is 33.4 Å². The van der Waals surface area contributed by atoms with Crippen LogP contribution in [0.4, 0.5) is 0 Å². The van der Waals surface area contributed by atoms with E-state index in [1.165, 1.54) is 16.7 Å². The summed E-state index contributed by atoms with van der Waals surface area (Å²) in [6.45, 7) is 0.804. The molecule has 4 rings (SSSR count). The minimum absolute atomic E-state index is 0.0766. The number of alkyl halides is 1. The van der Waals surface area contributed by atoms with Crippen LogP contribution in [0.1, 0.15) is 48.3 Å². The standard InChI is InChI=1S/C17H20BrNO2/c18-14(17(20)19-12-4-5-12)9-11-2-1-10-3-6-15-13(16(10)11)7-8-21-15/h3,6,11-12,14H,1-2,4-5,7-9H2,(H,19,20)/t11-,14?/m0/s1. The first-order chi connectivity index (χ1) is 10.2. The highest BCUT2D eigenvalue weighted by Gasteiger charge is 2.33. The maximum absolute atomic E-state index is 12.1. The predicted molar refractivity (Wildman–Crippen MR) is 85.2 cm³/mol. The second-order valence-corrected chi connectivity index (χ2v) is 7.54. The largest absolute Gasteiger partial charge is 0.493 e. The van der Waals surface area contributed by atoms with E-state index < -0.39 is 0 Å². The van der Waals surface area contributed by atoms with E-state index in [1.54, 1.807) is 0 Å². The molecule has 1 saturated carbocycles. The molecule has 3 nitrogen and oxygen atoms in total. The zero-order chi connectivity index (χ0) is 14.4. The van der Waals surface area contributed by atoms with Crippen molar-refractivity contribution < 1.29 is 9.53 Å². The van der Waals surface area contributed by atoms with E-state index in [1.807, 2.05) is 0 Å². The van der Waals surface area contributed by atoms with Crippen molar-refractivity contribution in [2.24, 2.45) is 0 Å². The molecule has 1 aromatic rings. The Kier molecular flexibility index (Phi) is 3.44. The lowest BCUT2D eigenvalue weighted by molar-refractivity contribution is -0.120. The van der Waals surface area contributed by atoms with Gasteiger partial charge in [0, 0.05) is 18.0 Å². The number of carbonyl (C=O) groups is 1. The molecule has 2 aliphatic carbocycles. The lowest BCUT2D eigenvalue weighted by Crippen LogP contribution is -2.33. The second kappa shape index (κ2) is 5.31. The molecule has 0 aromatic heterocycles.